The summed E-state index contributed by atoms with van der Waals surface area (Å²) in [5.41, 5.74) is 5.27. The van der Waals surface area contributed by atoms with Gasteiger partial charge >= 0.3 is 0 Å². The minimum atomic E-state index is -0.613. The molecule has 0 aliphatic rings. The molecule has 0 fully saturated rings. The Hall–Kier alpha value is -1.79. The average molecular weight is 241 g/mol. The van der Waals surface area contributed by atoms with Gasteiger partial charge in [-0.25, -0.2) is 0 Å². The van der Waals surface area contributed by atoms with Crippen LogP contribution in [0.3, 0.4) is 0 Å². The SMILES string of the molecule is NC(=O)c1ccc(OCCOCCO)c(O)c1. The number of nitrogens with two attached hydrogens (primary N) is 1. The Labute approximate surface area is 98.6 Å². The Morgan fingerprint density at radius 2 is 2.06 bits per heavy atom. The van der Waals surface area contributed by atoms with Crippen LogP contribution in [0.5, 0.6) is 11.5 Å². The first kappa shape index (κ1) is 13.3. The highest BCUT2D eigenvalue weighted by Gasteiger charge is 2.06. The summed E-state index contributed by atoms with van der Waals surface area (Å²) in [6.45, 7) is 0.746. The number of ether oxygens (including phenoxy) is 2. The van der Waals surface area contributed by atoms with Crippen molar-refractivity contribution in [3.05, 3.63) is 23.8 Å². The van der Waals surface area contributed by atoms with Gasteiger partial charge in [-0.05, 0) is 18.2 Å². The number of amides is 1. The van der Waals surface area contributed by atoms with Gasteiger partial charge in [0.2, 0.25) is 5.91 Å². The molecule has 6 nitrogen and oxygen atoms in total. The van der Waals surface area contributed by atoms with Crippen LogP contribution in [0.2, 0.25) is 0 Å². The van der Waals surface area contributed by atoms with Gasteiger partial charge in [0, 0.05) is 5.56 Å². The van der Waals surface area contributed by atoms with Gasteiger partial charge < -0.3 is 25.4 Å². The van der Waals surface area contributed by atoms with Gasteiger partial charge in [-0.1, -0.05) is 0 Å². The summed E-state index contributed by atoms with van der Waals surface area (Å²) >= 11 is 0. The number of rotatable bonds is 7. The standard InChI is InChI=1S/C11H15NO5/c12-11(15)8-1-2-10(9(14)7-8)17-6-5-16-4-3-13/h1-2,7,13-14H,3-6H2,(H2,12,15). The zero-order valence-electron chi connectivity index (χ0n) is 9.26. The normalized spacial score (nSPS) is 10.2. The Morgan fingerprint density at radius 3 is 2.65 bits per heavy atom. The van der Waals surface area contributed by atoms with E-state index in [1.54, 1.807) is 0 Å². The molecule has 0 heterocycles. The van der Waals surface area contributed by atoms with Crippen molar-refractivity contribution in [2.24, 2.45) is 5.73 Å². The number of aliphatic hydroxyl groups excluding tert-OH is 1. The monoisotopic (exact) mass is 241 g/mol. The fourth-order valence-electron chi connectivity index (χ4n) is 1.17. The molecule has 0 aliphatic carbocycles. The van der Waals surface area contributed by atoms with Gasteiger partial charge in [-0.2, -0.15) is 0 Å². The number of primary amides is 1. The van der Waals surface area contributed by atoms with Gasteiger partial charge in [0.25, 0.3) is 0 Å². The van der Waals surface area contributed by atoms with Crippen molar-refractivity contribution in [3.63, 3.8) is 0 Å². The molecule has 6 heteroatoms. The molecule has 0 aromatic heterocycles. The summed E-state index contributed by atoms with van der Waals surface area (Å²) in [5.74, 6) is -0.510. The summed E-state index contributed by atoms with van der Waals surface area (Å²) in [6, 6.07) is 4.17. The van der Waals surface area contributed by atoms with Gasteiger partial charge in [0.1, 0.15) is 6.61 Å². The second-order valence-corrected chi connectivity index (χ2v) is 3.23. The van der Waals surface area contributed by atoms with E-state index >= 15 is 0 Å². The molecule has 0 bridgehead atoms. The predicted octanol–water partition coefficient (Wildman–Crippen LogP) is -0.121. The van der Waals surface area contributed by atoms with E-state index in [0.717, 1.165) is 0 Å². The highest BCUT2D eigenvalue weighted by molar-refractivity contribution is 5.93. The molecule has 17 heavy (non-hydrogen) atoms. The van der Waals surface area contributed by atoms with Gasteiger partial charge in [0.15, 0.2) is 11.5 Å². The number of phenols is 1. The Kier molecular flexibility index (Phi) is 5.25. The molecule has 0 radical (unpaired) electrons. The zero-order chi connectivity index (χ0) is 12.7. The first-order valence-corrected chi connectivity index (χ1v) is 5.09. The molecular weight excluding hydrogens is 226 g/mol. The zero-order valence-corrected chi connectivity index (χ0v) is 9.26. The molecule has 94 valence electrons. The van der Waals surface area contributed by atoms with Crippen LogP contribution in [0.4, 0.5) is 0 Å². The van der Waals surface area contributed by atoms with Crippen LogP contribution >= 0.6 is 0 Å². The minimum Gasteiger partial charge on any atom is -0.504 e. The topological polar surface area (TPSA) is 102 Å². The smallest absolute Gasteiger partial charge is 0.248 e. The van der Waals surface area contributed by atoms with E-state index < -0.39 is 5.91 Å². The summed E-state index contributed by atoms with van der Waals surface area (Å²) in [7, 11) is 0. The fourth-order valence-corrected chi connectivity index (χ4v) is 1.17. The third-order valence-electron chi connectivity index (χ3n) is 1.96. The predicted molar refractivity (Wildman–Crippen MR) is 60.0 cm³/mol. The molecule has 4 N–H and O–H groups in total. The first-order chi connectivity index (χ1) is 8.15. The Balaban J connectivity index is 2.46. The fraction of sp³-hybridized carbons (Fsp3) is 0.364. The third-order valence-corrected chi connectivity index (χ3v) is 1.96. The second kappa shape index (κ2) is 6.72. The van der Waals surface area contributed by atoms with E-state index in [-0.39, 0.29) is 36.9 Å². The third kappa shape index (κ3) is 4.29. The lowest BCUT2D eigenvalue weighted by molar-refractivity contribution is 0.0699. The van der Waals surface area contributed by atoms with Crippen molar-refractivity contribution >= 4 is 5.91 Å². The summed E-state index contributed by atoms with van der Waals surface area (Å²) in [6.07, 6.45) is 0. The molecule has 1 rings (SSSR count). The van der Waals surface area contributed by atoms with E-state index in [1.165, 1.54) is 18.2 Å². The number of hydrogen-bond acceptors (Lipinski definition) is 5. The van der Waals surface area contributed by atoms with Crippen LogP contribution < -0.4 is 10.5 Å². The lowest BCUT2D eigenvalue weighted by atomic mass is 10.2. The minimum absolute atomic E-state index is 0.0431. The lowest BCUT2D eigenvalue weighted by Crippen LogP contribution is -2.11. The molecule has 1 aromatic rings. The quantitative estimate of drug-likeness (QED) is 0.577. The van der Waals surface area contributed by atoms with E-state index in [1.807, 2.05) is 0 Å². The number of benzene rings is 1. The van der Waals surface area contributed by atoms with Crippen molar-refractivity contribution in [3.8, 4) is 11.5 Å². The molecule has 1 amide bonds. The van der Waals surface area contributed by atoms with E-state index in [4.69, 9.17) is 20.3 Å². The number of carbonyl (C=O) groups is 1. The highest BCUT2D eigenvalue weighted by Crippen LogP contribution is 2.26. The van der Waals surface area contributed by atoms with Crippen molar-refractivity contribution in [1.29, 1.82) is 0 Å². The van der Waals surface area contributed by atoms with Gasteiger partial charge in [-0.3, -0.25) is 4.79 Å². The molecule has 0 aliphatic heterocycles. The lowest BCUT2D eigenvalue weighted by Gasteiger charge is -2.08. The van der Waals surface area contributed by atoms with E-state index in [9.17, 15) is 9.90 Å². The molecule has 1 aromatic carbocycles. The maximum absolute atomic E-state index is 10.8. The molecular formula is C11H15NO5. The molecule has 0 saturated carbocycles. The first-order valence-electron chi connectivity index (χ1n) is 5.09. The average Bonchev–Trinajstić information content (AvgIpc) is 2.30. The highest BCUT2D eigenvalue weighted by atomic mass is 16.5. The maximum Gasteiger partial charge on any atom is 0.248 e. The van der Waals surface area contributed by atoms with Gasteiger partial charge in [-0.15, -0.1) is 0 Å². The number of aliphatic hydroxyl groups is 1. The largest absolute Gasteiger partial charge is 0.504 e. The summed E-state index contributed by atoms with van der Waals surface area (Å²) < 4.78 is 10.2. The van der Waals surface area contributed by atoms with Gasteiger partial charge in [0.05, 0.1) is 19.8 Å². The van der Waals surface area contributed by atoms with Crippen LogP contribution in [0, 0.1) is 0 Å². The summed E-state index contributed by atoms with van der Waals surface area (Å²) in [5, 5.41) is 18.0. The number of carbonyl (C=O) groups excluding carboxylic acids is 1. The van der Waals surface area contributed by atoms with Crippen molar-refractivity contribution < 1.29 is 24.5 Å². The van der Waals surface area contributed by atoms with Crippen LogP contribution in [-0.2, 0) is 4.74 Å². The van der Waals surface area contributed by atoms with E-state index in [2.05, 4.69) is 0 Å². The second-order valence-electron chi connectivity index (χ2n) is 3.23. The van der Waals surface area contributed by atoms with E-state index in [0.29, 0.717) is 6.61 Å². The van der Waals surface area contributed by atoms with Crippen molar-refractivity contribution in [2.45, 2.75) is 0 Å². The maximum atomic E-state index is 10.8. The van der Waals surface area contributed by atoms with Crippen LogP contribution in [0.25, 0.3) is 0 Å². The molecule has 0 atom stereocenters. The van der Waals surface area contributed by atoms with Crippen LogP contribution in [0.15, 0.2) is 18.2 Å². The van der Waals surface area contributed by atoms with Crippen molar-refractivity contribution in [2.75, 3.05) is 26.4 Å². The number of hydrogen-bond donors (Lipinski definition) is 3. The summed E-state index contributed by atoms with van der Waals surface area (Å²) in [4.78, 5) is 10.8. The molecule has 0 spiro atoms. The Morgan fingerprint density at radius 1 is 1.29 bits per heavy atom. The molecule has 0 saturated heterocycles. The molecule has 0 unspecified atom stereocenters. The number of phenolic OH excluding ortho intramolecular Hbond substituents is 1. The van der Waals surface area contributed by atoms with Crippen LogP contribution in [-0.4, -0.2) is 42.5 Å². The van der Waals surface area contributed by atoms with Crippen molar-refractivity contribution in [1.82, 2.24) is 0 Å². The number of aromatic hydroxyl groups is 1. The van der Waals surface area contributed by atoms with Crippen LogP contribution in [0.1, 0.15) is 10.4 Å². The Bertz CT molecular complexity index is 380.